The zero-order valence-corrected chi connectivity index (χ0v) is 17.0. The largest absolute Gasteiger partial charge is 0.339 e. The molecule has 0 radical (unpaired) electrons. The lowest BCUT2D eigenvalue weighted by Gasteiger charge is -2.34. The van der Waals surface area contributed by atoms with Crippen molar-refractivity contribution in [1.29, 1.82) is 0 Å². The fraction of sp³-hybridized carbons (Fsp3) is 0.444. The van der Waals surface area contributed by atoms with Crippen molar-refractivity contribution < 1.29 is 9.59 Å². The molecule has 0 unspecified atom stereocenters. The maximum absolute atomic E-state index is 12.5. The lowest BCUT2D eigenvalue weighted by Crippen LogP contribution is -2.50. The molecule has 0 saturated carbocycles. The summed E-state index contributed by atoms with van der Waals surface area (Å²) in [6, 6.07) is 7.49. The Morgan fingerprint density at radius 2 is 1.85 bits per heavy atom. The number of amides is 2. The molecular formula is C18H22ClN5O2S. The van der Waals surface area contributed by atoms with Gasteiger partial charge in [0.15, 0.2) is 11.0 Å². The minimum atomic E-state index is 0.0539. The SMILES string of the molecule is CCn1c(SCC(=O)N2CCN(C(C)=O)CC2)nnc1-c1cccc(Cl)c1. The normalized spacial score (nSPS) is 14.5. The quantitative estimate of drug-likeness (QED) is 0.712. The highest BCUT2D eigenvalue weighted by molar-refractivity contribution is 7.99. The number of carbonyl (C=O) groups excluding carboxylic acids is 2. The highest BCUT2D eigenvalue weighted by Crippen LogP contribution is 2.26. The summed E-state index contributed by atoms with van der Waals surface area (Å²) in [7, 11) is 0. The van der Waals surface area contributed by atoms with Crippen LogP contribution in [0.25, 0.3) is 11.4 Å². The van der Waals surface area contributed by atoms with E-state index in [1.807, 2.05) is 35.8 Å². The number of piperazine rings is 1. The van der Waals surface area contributed by atoms with Gasteiger partial charge in [0.05, 0.1) is 5.75 Å². The summed E-state index contributed by atoms with van der Waals surface area (Å²) in [4.78, 5) is 27.5. The van der Waals surface area contributed by atoms with Gasteiger partial charge in [-0.2, -0.15) is 0 Å². The Labute approximate surface area is 167 Å². The first kappa shape index (κ1) is 19.7. The van der Waals surface area contributed by atoms with E-state index in [9.17, 15) is 9.59 Å². The number of rotatable bonds is 5. The fourth-order valence-corrected chi connectivity index (χ4v) is 4.11. The van der Waals surface area contributed by atoms with Gasteiger partial charge in [-0.15, -0.1) is 10.2 Å². The van der Waals surface area contributed by atoms with Crippen LogP contribution in [-0.4, -0.2) is 68.3 Å². The Balaban J connectivity index is 1.63. The van der Waals surface area contributed by atoms with Crippen molar-refractivity contribution in [2.24, 2.45) is 0 Å². The summed E-state index contributed by atoms with van der Waals surface area (Å²) in [5.74, 6) is 1.15. The molecule has 1 aliphatic heterocycles. The molecule has 2 amide bonds. The molecular weight excluding hydrogens is 386 g/mol. The average molecular weight is 408 g/mol. The number of nitrogens with zero attached hydrogens (tertiary/aromatic N) is 5. The molecule has 0 spiro atoms. The maximum Gasteiger partial charge on any atom is 0.233 e. The smallest absolute Gasteiger partial charge is 0.233 e. The Hall–Kier alpha value is -2.06. The summed E-state index contributed by atoms with van der Waals surface area (Å²) in [5.41, 5.74) is 0.899. The minimum Gasteiger partial charge on any atom is -0.339 e. The number of aromatic nitrogens is 3. The van der Waals surface area contributed by atoms with Crippen LogP contribution in [0.15, 0.2) is 29.4 Å². The van der Waals surface area contributed by atoms with Crippen LogP contribution < -0.4 is 0 Å². The van der Waals surface area contributed by atoms with Crippen LogP contribution in [-0.2, 0) is 16.1 Å². The Morgan fingerprint density at radius 3 is 2.48 bits per heavy atom. The highest BCUT2D eigenvalue weighted by atomic mass is 35.5. The zero-order chi connectivity index (χ0) is 19.4. The van der Waals surface area contributed by atoms with Gasteiger partial charge in [0.25, 0.3) is 0 Å². The number of benzene rings is 1. The van der Waals surface area contributed by atoms with E-state index in [-0.39, 0.29) is 11.8 Å². The minimum absolute atomic E-state index is 0.0539. The predicted octanol–water partition coefficient (Wildman–Crippen LogP) is 2.40. The molecule has 7 nitrogen and oxygen atoms in total. The first-order valence-electron chi connectivity index (χ1n) is 8.84. The molecule has 144 valence electrons. The summed E-state index contributed by atoms with van der Waals surface area (Å²) in [6.07, 6.45) is 0. The molecule has 2 heterocycles. The van der Waals surface area contributed by atoms with Crippen LogP contribution >= 0.6 is 23.4 Å². The lowest BCUT2D eigenvalue weighted by molar-refractivity contribution is -0.136. The van der Waals surface area contributed by atoms with Gasteiger partial charge in [-0.1, -0.05) is 35.5 Å². The molecule has 2 aromatic rings. The second-order valence-electron chi connectivity index (χ2n) is 6.24. The fourth-order valence-electron chi connectivity index (χ4n) is 3.01. The number of carbonyl (C=O) groups is 2. The van der Waals surface area contributed by atoms with Gasteiger partial charge in [0, 0.05) is 50.2 Å². The summed E-state index contributed by atoms with van der Waals surface area (Å²) in [6.45, 7) is 6.61. The van der Waals surface area contributed by atoms with Crippen LogP contribution in [0.5, 0.6) is 0 Å². The molecule has 0 atom stereocenters. The van der Waals surface area contributed by atoms with Gasteiger partial charge in [0.1, 0.15) is 0 Å². The van der Waals surface area contributed by atoms with E-state index in [1.54, 1.807) is 16.7 Å². The van der Waals surface area contributed by atoms with Crippen molar-refractivity contribution in [2.75, 3.05) is 31.9 Å². The second-order valence-corrected chi connectivity index (χ2v) is 7.62. The van der Waals surface area contributed by atoms with E-state index >= 15 is 0 Å². The highest BCUT2D eigenvalue weighted by Gasteiger charge is 2.23. The molecule has 0 aliphatic carbocycles. The van der Waals surface area contributed by atoms with Gasteiger partial charge in [-0.05, 0) is 19.1 Å². The Bertz CT molecular complexity index is 833. The third-order valence-electron chi connectivity index (χ3n) is 4.52. The Kier molecular flexibility index (Phi) is 6.38. The third kappa shape index (κ3) is 4.62. The monoisotopic (exact) mass is 407 g/mol. The number of halogens is 1. The molecule has 1 aromatic carbocycles. The first-order valence-corrected chi connectivity index (χ1v) is 10.2. The molecule has 3 rings (SSSR count). The van der Waals surface area contributed by atoms with Crippen molar-refractivity contribution in [3.63, 3.8) is 0 Å². The molecule has 1 aliphatic rings. The molecule has 9 heteroatoms. The summed E-state index contributed by atoms with van der Waals surface area (Å²) >= 11 is 7.46. The Morgan fingerprint density at radius 1 is 1.15 bits per heavy atom. The number of hydrogen-bond acceptors (Lipinski definition) is 5. The number of thioether (sulfide) groups is 1. The van der Waals surface area contributed by atoms with Crippen molar-refractivity contribution in [3.8, 4) is 11.4 Å². The molecule has 1 saturated heterocycles. The zero-order valence-electron chi connectivity index (χ0n) is 15.4. The van der Waals surface area contributed by atoms with E-state index in [0.29, 0.717) is 48.7 Å². The molecule has 1 aromatic heterocycles. The van der Waals surface area contributed by atoms with Gasteiger partial charge >= 0.3 is 0 Å². The van der Waals surface area contributed by atoms with E-state index in [1.165, 1.54) is 11.8 Å². The van der Waals surface area contributed by atoms with Crippen LogP contribution in [0.3, 0.4) is 0 Å². The van der Waals surface area contributed by atoms with Gasteiger partial charge < -0.3 is 14.4 Å². The summed E-state index contributed by atoms with van der Waals surface area (Å²) in [5, 5.41) is 9.89. The first-order chi connectivity index (χ1) is 13.0. The van der Waals surface area contributed by atoms with Gasteiger partial charge in [-0.3, -0.25) is 9.59 Å². The van der Waals surface area contributed by atoms with Crippen LogP contribution in [0.1, 0.15) is 13.8 Å². The maximum atomic E-state index is 12.5. The molecule has 1 fully saturated rings. The molecule has 27 heavy (non-hydrogen) atoms. The number of hydrogen-bond donors (Lipinski definition) is 0. The second kappa shape index (κ2) is 8.75. The van der Waals surface area contributed by atoms with E-state index in [4.69, 9.17) is 11.6 Å². The standard InChI is InChI=1S/C18H22ClN5O2S/c1-3-24-17(14-5-4-6-15(19)11-14)20-21-18(24)27-12-16(26)23-9-7-22(8-10-23)13(2)25/h4-6,11H,3,7-10,12H2,1-2H3. The molecule has 0 bridgehead atoms. The summed E-state index contributed by atoms with van der Waals surface area (Å²) < 4.78 is 1.98. The average Bonchev–Trinajstić information content (AvgIpc) is 3.09. The van der Waals surface area contributed by atoms with Crippen LogP contribution in [0.4, 0.5) is 0 Å². The molecule has 0 N–H and O–H groups in total. The van der Waals surface area contributed by atoms with Crippen molar-refractivity contribution >= 4 is 35.2 Å². The lowest BCUT2D eigenvalue weighted by atomic mass is 10.2. The van der Waals surface area contributed by atoms with Gasteiger partial charge in [0.2, 0.25) is 11.8 Å². The van der Waals surface area contributed by atoms with Gasteiger partial charge in [-0.25, -0.2) is 0 Å². The van der Waals surface area contributed by atoms with E-state index in [0.717, 1.165) is 11.4 Å². The van der Waals surface area contributed by atoms with E-state index < -0.39 is 0 Å². The van der Waals surface area contributed by atoms with Crippen molar-refractivity contribution in [2.45, 2.75) is 25.5 Å². The van der Waals surface area contributed by atoms with Crippen molar-refractivity contribution in [3.05, 3.63) is 29.3 Å². The predicted molar refractivity (Wildman–Crippen MR) is 106 cm³/mol. The van der Waals surface area contributed by atoms with Crippen molar-refractivity contribution in [1.82, 2.24) is 24.6 Å². The topological polar surface area (TPSA) is 71.3 Å². The van der Waals surface area contributed by atoms with Crippen LogP contribution in [0.2, 0.25) is 5.02 Å². The van der Waals surface area contributed by atoms with E-state index in [2.05, 4.69) is 10.2 Å². The third-order valence-corrected chi connectivity index (χ3v) is 5.70. The van der Waals surface area contributed by atoms with Crippen LogP contribution in [0, 0.1) is 0 Å².